The number of nitriles is 1. The Morgan fingerprint density at radius 2 is 2.24 bits per heavy atom. The van der Waals surface area contributed by atoms with Gasteiger partial charge in [-0.25, -0.2) is 4.39 Å². The smallest absolute Gasteiger partial charge is 0.147 e. The van der Waals surface area contributed by atoms with Crippen LogP contribution >= 0.6 is 11.3 Å². The summed E-state index contributed by atoms with van der Waals surface area (Å²) in [6, 6.07) is 8.47. The average Bonchev–Trinajstić information content (AvgIpc) is 2.81. The maximum atomic E-state index is 13.7. The van der Waals surface area contributed by atoms with Crippen LogP contribution < -0.4 is 4.90 Å². The van der Waals surface area contributed by atoms with E-state index in [9.17, 15) is 4.39 Å². The summed E-state index contributed by atoms with van der Waals surface area (Å²) in [5, 5.41) is 12.7. The van der Waals surface area contributed by atoms with E-state index in [2.05, 4.69) is 0 Å². The van der Waals surface area contributed by atoms with E-state index in [1.54, 1.807) is 23.5 Å². The van der Waals surface area contributed by atoms with Crippen molar-refractivity contribution in [3.8, 4) is 6.07 Å². The van der Waals surface area contributed by atoms with Gasteiger partial charge in [0.05, 0.1) is 17.3 Å². The Morgan fingerprint density at radius 3 is 2.82 bits per heavy atom. The lowest BCUT2D eigenvalue weighted by atomic mass is 10.2. The highest BCUT2D eigenvalue weighted by Gasteiger charge is 2.09. The fraction of sp³-hybridized carbons (Fsp3) is 0.154. The van der Waals surface area contributed by atoms with Gasteiger partial charge in [0.2, 0.25) is 0 Å². The first-order valence-electron chi connectivity index (χ1n) is 5.12. The summed E-state index contributed by atoms with van der Waals surface area (Å²) in [6.45, 7) is 0.659. The SMILES string of the molecule is CN(Cc1ccsc1)c1ccc(C#N)cc1F. The highest BCUT2D eigenvalue weighted by atomic mass is 32.1. The molecule has 4 heteroatoms. The molecule has 0 amide bonds. The Kier molecular flexibility index (Phi) is 3.40. The number of halogens is 1. The molecule has 86 valence electrons. The molecular weight excluding hydrogens is 235 g/mol. The molecule has 0 unspecified atom stereocenters. The lowest BCUT2D eigenvalue weighted by molar-refractivity contribution is 0.622. The van der Waals surface area contributed by atoms with Gasteiger partial charge in [0.25, 0.3) is 0 Å². The molecule has 0 fully saturated rings. The van der Waals surface area contributed by atoms with Crippen LogP contribution in [0.4, 0.5) is 10.1 Å². The first-order chi connectivity index (χ1) is 8.20. The molecule has 0 aliphatic heterocycles. The molecule has 0 radical (unpaired) electrons. The second kappa shape index (κ2) is 4.98. The molecule has 1 heterocycles. The zero-order valence-electron chi connectivity index (χ0n) is 9.35. The predicted octanol–water partition coefficient (Wildman–Crippen LogP) is 3.40. The third-order valence-corrected chi connectivity index (χ3v) is 3.22. The summed E-state index contributed by atoms with van der Waals surface area (Å²) in [7, 11) is 1.84. The zero-order chi connectivity index (χ0) is 12.3. The van der Waals surface area contributed by atoms with Gasteiger partial charge in [0.1, 0.15) is 5.82 Å². The molecule has 0 saturated carbocycles. The third kappa shape index (κ3) is 2.63. The molecule has 2 nitrogen and oxygen atoms in total. The highest BCUT2D eigenvalue weighted by molar-refractivity contribution is 7.07. The number of rotatable bonds is 3. The van der Waals surface area contributed by atoms with Crippen LogP contribution in [0.3, 0.4) is 0 Å². The molecule has 2 rings (SSSR count). The molecule has 2 aromatic rings. The Labute approximate surface area is 104 Å². The molecular formula is C13H11FN2S. The standard InChI is InChI=1S/C13H11FN2S/c1-16(8-11-4-5-17-9-11)13-3-2-10(7-15)6-12(13)14/h2-6,9H,8H2,1H3. The normalized spacial score (nSPS) is 9.94. The molecule has 0 spiro atoms. The van der Waals surface area contributed by atoms with Crippen molar-refractivity contribution >= 4 is 17.0 Å². The summed E-state index contributed by atoms with van der Waals surface area (Å²) in [4.78, 5) is 1.83. The molecule has 0 aliphatic carbocycles. The van der Waals surface area contributed by atoms with Crippen molar-refractivity contribution in [3.05, 3.63) is 52.0 Å². The van der Waals surface area contributed by atoms with Crippen molar-refractivity contribution in [2.24, 2.45) is 0 Å². The van der Waals surface area contributed by atoms with Crippen LogP contribution in [0, 0.1) is 17.1 Å². The molecule has 1 aromatic carbocycles. The molecule has 17 heavy (non-hydrogen) atoms. The number of hydrogen-bond acceptors (Lipinski definition) is 3. The summed E-state index contributed by atoms with van der Waals surface area (Å²) in [5.74, 6) is -0.359. The van der Waals surface area contributed by atoms with Gasteiger partial charge in [0.15, 0.2) is 0 Å². The first-order valence-corrected chi connectivity index (χ1v) is 6.07. The quantitative estimate of drug-likeness (QED) is 0.830. The van der Waals surface area contributed by atoms with E-state index in [4.69, 9.17) is 5.26 Å². The highest BCUT2D eigenvalue weighted by Crippen LogP contribution is 2.21. The number of nitrogens with zero attached hydrogens (tertiary/aromatic N) is 2. The molecule has 0 aliphatic rings. The maximum absolute atomic E-state index is 13.7. The lowest BCUT2D eigenvalue weighted by Crippen LogP contribution is -2.17. The van der Waals surface area contributed by atoms with Crippen molar-refractivity contribution in [2.45, 2.75) is 6.54 Å². The van der Waals surface area contributed by atoms with Crippen LogP contribution in [0.5, 0.6) is 0 Å². The molecule has 1 aromatic heterocycles. The van der Waals surface area contributed by atoms with E-state index in [0.29, 0.717) is 17.8 Å². The number of anilines is 1. The van der Waals surface area contributed by atoms with Crippen LogP contribution in [0.25, 0.3) is 0 Å². The minimum absolute atomic E-state index is 0.343. The van der Waals surface area contributed by atoms with Crippen molar-refractivity contribution in [3.63, 3.8) is 0 Å². The van der Waals surface area contributed by atoms with Crippen molar-refractivity contribution in [1.82, 2.24) is 0 Å². The van der Waals surface area contributed by atoms with Crippen LogP contribution in [-0.2, 0) is 6.54 Å². The number of benzene rings is 1. The van der Waals surface area contributed by atoms with Crippen molar-refractivity contribution in [1.29, 1.82) is 5.26 Å². The van der Waals surface area contributed by atoms with Crippen molar-refractivity contribution in [2.75, 3.05) is 11.9 Å². The largest absolute Gasteiger partial charge is 0.368 e. The number of hydrogen-bond donors (Lipinski definition) is 0. The van der Waals surface area contributed by atoms with Gasteiger partial charge in [-0.05, 0) is 40.6 Å². The average molecular weight is 246 g/mol. The molecule has 0 N–H and O–H groups in total. The Balaban J connectivity index is 2.20. The topological polar surface area (TPSA) is 27.0 Å². The Hall–Kier alpha value is -1.86. The van der Waals surface area contributed by atoms with Gasteiger partial charge in [-0.15, -0.1) is 0 Å². The summed E-state index contributed by atoms with van der Waals surface area (Å²) >= 11 is 1.62. The first kappa shape index (κ1) is 11.6. The van der Waals surface area contributed by atoms with E-state index >= 15 is 0 Å². The number of thiophene rings is 1. The summed E-state index contributed by atoms with van der Waals surface area (Å²) in [6.07, 6.45) is 0. The van der Waals surface area contributed by atoms with E-state index in [-0.39, 0.29) is 5.82 Å². The van der Waals surface area contributed by atoms with Gasteiger partial charge < -0.3 is 4.90 Å². The van der Waals surface area contributed by atoms with E-state index in [0.717, 1.165) is 5.56 Å². The molecule has 0 saturated heterocycles. The summed E-state index contributed by atoms with van der Waals surface area (Å²) in [5.41, 5.74) is 2.01. The van der Waals surface area contributed by atoms with Crippen LogP contribution in [0.2, 0.25) is 0 Å². The molecule has 0 atom stereocenters. The fourth-order valence-electron chi connectivity index (χ4n) is 1.63. The Morgan fingerprint density at radius 1 is 1.41 bits per heavy atom. The molecule has 0 bridgehead atoms. The summed E-state index contributed by atoms with van der Waals surface area (Å²) < 4.78 is 13.7. The van der Waals surface area contributed by atoms with E-state index in [1.807, 2.05) is 34.8 Å². The van der Waals surface area contributed by atoms with Crippen LogP contribution in [0.15, 0.2) is 35.0 Å². The van der Waals surface area contributed by atoms with Gasteiger partial charge in [-0.1, -0.05) is 0 Å². The lowest BCUT2D eigenvalue weighted by Gasteiger charge is -2.19. The second-order valence-corrected chi connectivity index (χ2v) is 4.55. The maximum Gasteiger partial charge on any atom is 0.147 e. The fourth-order valence-corrected chi connectivity index (χ4v) is 2.29. The van der Waals surface area contributed by atoms with E-state index < -0.39 is 0 Å². The van der Waals surface area contributed by atoms with Crippen molar-refractivity contribution < 1.29 is 4.39 Å². The van der Waals surface area contributed by atoms with Gasteiger partial charge in [-0.2, -0.15) is 16.6 Å². The monoisotopic (exact) mass is 246 g/mol. The van der Waals surface area contributed by atoms with E-state index in [1.165, 1.54) is 6.07 Å². The van der Waals surface area contributed by atoms with Gasteiger partial charge in [0, 0.05) is 13.6 Å². The minimum atomic E-state index is -0.359. The second-order valence-electron chi connectivity index (χ2n) is 3.77. The zero-order valence-corrected chi connectivity index (χ0v) is 10.2. The Bertz CT molecular complexity index is 543. The minimum Gasteiger partial charge on any atom is -0.368 e. The predicted molar refractivity (Wildman–Crippen MR) is 67.5 cm³/mol. The van der Waals surface area contributed by atoms with Crippen LogP contribution in [0.1, 0.15) is 11.1 Å². The third-order valence-electron chi connectivity index (χ3n) is 2.49. The van der Waals surface area contributed by atoms with Gasteiger partial charge in [-0.3, -0.25) is 0 Å². The van der Waals surface area contributed by atoms with Gasteiger partial charge >= 0.3 is 0 Å². The van der Waals surface area contributed by atoms with Crippen LogP contribution in [-0.4, -0.2) is 7.05 Å².